The van der Waals surface area contributed by atoms with Gasteiger partial charge in [-0.05, 0) is 48.1 Å². The zero-order valence-electron chi connectivity index (χ0n) is 11.8. The van der Waals surface area contributed by atoms with Gasteiger partial charge in [0.15, 0.2) is 0 Å². The fraction of sp³-hybridized carbons (Fsp3) is 0.571. The van der Waals surface area contributed by atoms with Crippen molar-refractivity contribution in [3.63, 3.8) is 0 Å². The quantitative estimate of drug-likeness (QED) is 0.818. The Hall–Kier alpha value is -0.980. The van der Waals surface area contributed by atoms with Crippen molar-refractivity contribution in [3.05, 3.63) is 28.5 Å². The van der Waals surface area contributed by atoms with Crippen molar-refractivity contribution in [1.29, 1.82) is 0 Å². The second-order valence-corrected chi connectivity index (χ2v) is 6.03. The van der Waals surface area contributed by atoms with Gasteiger partial charge in [0.2, 0.25) is 0 Å². The predicted molar refractivity (Wildman–Crippen MR) is 82.8 cm³/mol. The van der Waals surface area contributed by atoms with Crippen LogP contribution in [0.1, 0.15) is 16.9 Å². The highest BCUT2D eigenvalue weighted by molar-refractivity contribution is 9.10. The van der Waals surface area contributed by atoms with E-state index in [9.17, 15) is 4.79 Å². The van der Waals surface area contributed by atoms with Crippen molar-refractivity contribution in [2.45, 2.75) is 6.42 Å². The van der Waals surface area contributed by atoms with Crippen LogP contribution in [-0.2, 0) is 0 Å². The highest BCUT2D eigenvalue weighted by Crippen LogP contribution is 2.07. The van der Waals surface area contributed by atoms with Crippen LogP contribution in [0.5, 0.6) is 0 Å². The molecule has 2 rings (SSSR count). The van der Waals surface area contributed by atoms with Gasteiger partial charge < -0.3 is 15.1 Å². The Balaban J connectivity index is 1.63. The summed E-state index contributed by atoms with van der Waals surface area (Å²) in [4.78, 5) is 20.7. The molecule has 0 aromatic carbocycles. The standard InChI is InChI=1S/C14H21BrN4O/c1-18-7-9-19(10-8-18)6-2-5-16-14(20)13-4-3-12(15)11-17-13/h3-4,11H,2,5-10H2,1H3,(H,16,20). The minimum atomic E-state index is -0.101. The summed E-state index contributed by atoms with van der Waals surface area (Å²) in [5.41, 5.74) is 0.466. The number of hydrogen-bond donors (Lipinski definition) is 1. The lowest BCUT2D eigenvalue weighted by molar-refractivity contribution is 0.0944. The summed E-state index contributed by atoms with van der Waals surface area (Å²) in [6.45, 7) is 6.26. The summed E-state index contributed by atoms with van der Waals surface area (Å²) < 4.78 is 0.879. The van der Waals surface area contributed by atoms with Gasteiger partial charge in [-0.1, -0.05) is 0 Å². The Morgan fingerprint density at radius 1 is 1.35 bits per heavy atom. The van der Waals surface area contributed by atoms with Crippen LogP contribution >= 0.6 is 15.9 Å². The number of pyridine rings is 1. The molecule has 1 saturated heterocycles. The molecular formula is C14H21BrN4O. The zero-order chi connectivity index (χ0) is 14.4. The molecule has 6 heteroatoms. The molecule has 5 nitrogen and oxygen atoms in total. The zero-order valence-corrected chi connectivity index (χ0v) is 13.4. The number of carbonyl (C=O) groups excluding carboxylic acids is 1. The molecule has 0 atom stereocenters. The molecule has 1 aliphatic rings. The molecule has 110 valence electrons. The van der Waals surface area contributed by atoms with Crippen molar-refractivity contribution in [2.75, 3.05) is 46.3 Å². The van der Waals surface area contributed by atoms with Gasteiger partial charge in [0, 0.05) is 43.4 Å². The maximum absolute atomic E-state index is 11.8. The Labute approximate surface area is 128 Å². The van der Waals surface area contributed by atoms with Crippen LogP contribution in [0.4, 0.5) is 0 Å². The fourth-order valence-corrected chi connectivity index (χ4v) is 2.41. The summed E-state index contributed by atoms with van der Waals surface area (Å²) in [5.74, 6) is -0.101. The van der Waals surface area contributed by atoms with E-state index in [0.717, 1.165) is 43.6 Å². The van der Waals surface area contributed by atoms with E-state index in [2.05, 4.69) is 43.1 Å². The van der Waals surface area contributed by atoms with Crippen LogP contribution in [0.2, 0.25) is 0 Å². The second kappa shape index (κ2) is 7.71. The number of halogens is 1. The average molecular weight is 341 g/mol. The molecule has 1 amide bonds. The van der Waals surface area contributed by atoms with Gasteiger partial charge in [0.1, 0.15) is 5.69 Å². The van der Waals surface area contributed by atoms with Crippen molar-refractivity contribution in [3.8, 4) is 0 Å². The van der Waals surface area contributed by atoms with Crippen LogP contribution in [0, 0.1) is 0 Å². The molecule has 1 aliphatic heterocycles. The van der Waals surface area contributed by atoms with Crippen molar-refractivity contribution >= 4 is 21.8 Å². The van der Waals surface area contributed by atoms with Gasteiger partial charge in [-0.25, -0.2) is 4.98 Å². The van der Waals surface area contributed by atoms with Crippen molar-refractivity contribution in [1.82, 2.24) is 20.1 Å². The van der Waals surface area contributed by atoms with E-state index >= 15 is 0 Å². The molecule has 0 radical (unpaired) electrons. The lowest BCUT2D eigenvalue weighted by Crippen LogP contribution is -2.45. The first-order valence-electron chi connectivity index (χ1n) is 6.96. The lowest BCUT2D eigenvalue weighted by Gasteiger charge is -2.32. The van der Waals surface area contributed by atoms with Crippen LogP contribution in [0.25, 0.3) is 0 Å². The van der Waals surface area contributed by atoms with Crippen LogP contribution in [-0.4, -0.2) is 67.0 Å². The topological polar surface area (TPSA) is 48.5 Å². The number of amides is 1. The molecule has 1 fully saturated rings. The van der Waals surface area contributed by atoms with E-state index in [4.69, 9.17) is 0 Å². The molecule has 20 heavy (non-hydrogen) atoms. The third kappa shape index (κ3) is 4.85. The predicted octanol–water partition coefficient (Wildman–Crippen LogP) is 1.21. The third-order valence-electron chi connectivity index (χ3n) is 3.49. The summed E-state index contributed by atoms with van der Waals surface area (Å²) in [6.07, 6.45) is 2.62. The molecule has 0 bridgehead atoms. The average Bonchev–Trinajstić information content (AvgIpc) is 2.46. The Bertz CT molecular complexity index is 429. The van der Waals surface area contributed by atoms with Gasteiger partial charge in [0.25, 0.3) is 5.91 Å². The Morgan fingerprint density at radius 3 is 2.75 bits per heavy atom. The molecule has 0 saturated carbocycles. The van der Waals surface area contributed by atoms with E-state index in [1.165, 1.54) is 0 Å². The van der Waals surface area contributed by atoms with Gasteiger partial charge in [-0.3, -0.25) is 4.79 Å². The maximum atomic E-state index is 11.8. The van der Waals surface area contributed by atoms with Gasteiger partial charge in [0.05, 0.1) is 0 Å². The molecule has 0 aliphatic carbocycles. The van der Waals surface area contributed by atoms with Gasteiger partial charge in [-0.15, -0.1) is 0 Å². The number of nitrogens with one attached hydrogen (secondary N) is 1. The molecule has 1 aromatic heterocycles. The number of nitrogens with zero attached hydrogens (tertiary/aromatic N) is 3. The highest BCUT2D eigenvalue weighted by atomic mass is 79.9. The monoisotopic (exact) mass is 340 g/mol. The number of rotatable bonds is 5. The smallest absolute Gasteiger partial charge is 0.269 e. The van der Waals surface area contributed by atoms with E-state index < -0.39 is 0 Å². The highest BCUT2D eigenvalue weighted by Gasteiger charge is 2.13. The maximum Gasteiger partial charge on any atom is 0.269 e. The molecular weight excluding hydrogens is 320 g/mol. The van der Waals surface area contributed by atoms with Crippen LogP contribution < -0.4 is 5.32 Å². The molecule has 1 N–H and O–H groups in total. The summed E-state index contributed by atoms with van der Waals surface area (Å²) in [5, 5.41) is 2.91. The fourth-order valence-electron chi connectivity index (χ4n) is 2.18. The minimum absolute atomic E-state index is 0.101. The first-order chi connectivity index (χ1) is 9.65. The summed E-state index contributed by atoms with van der Waals surface area (Å²) in [6, 6.07) is 3.55. The first kappa shape index (κ1) is 15.4. The van der Waals surface area contributed by atoms with Crippen molar-refractivity contribution in [2.24, 2.45) is 0 Å². The van der Waals surface area contributed by atoms with Gasteiger partial charge >= 0.3 is 0 Å². The number of hydrogen-bond acceptors (Lipinski definition) is 4. The van der Waals surface area contributed by atoms with E-state index in [1.807, 2.05) is 6.07 Å². The van der Waals surface area contributed by atoms with E-state index in [1.54, 1.807) is 12.3 Å². The number of likely N-dealkylation sites (N-methyl/N-ethyl adjacent to an activating group) is 1. The van der Waals surface area contributed by atoms with Crippen molar-refractivity contribution < 1.29 is 4.79 Å². The molecule has 2 heterocycles. The molecule has 0 unspecified atom stereocenters. The number of carbonyl (C=O) groups is 1. The van der Waals surface area contributed by atoms with Crippen LogP contribution in [0.3, 0.4) is 0 Å². The number of piperazine rings is 1. The lowest BCUT2D eigenvalue weighted by atomic mass is 10.3. The van der Waals surface area contributed by atoms with Crippen LogP contribution in [0.15, 0.2) is 22.8 Å². The third-order valence-corrected chi connectivity index (χ3v) is 3.96. The minimum Gasteiger partial charge on any atom is -0.351 e. The molecule has 0 spiro atoms. The SMILES string of the molecule is CN1CCN(CCCNC(=O)c2ccc(Br)cn2)CC1. The Morgan fingerprint density at radius 2 is 2.10 bits per heavy atom. The van der Waals surface area contributed by atoms with Gasteiger partial charge in [-0.2, -0.15) is 0 Å². The molecule has 1 aromatic rings. The Kier molecular flexibility index (Phi) is 5.94. The summed E-state index contributed by atoms with van der Waals surface area (Å²) in [7, 11) is 2.16. The largest absolute Gasteiger partial charge is 0.351 e. The normalized spacial score (nSPS) is 17.1. The summed E-state index contributed by atoms with van der Waals surface area (Å²) >= 11 is 3.30. The number of aromatic nitrogens is 1. The van der Waals surface area contributed by atoms with E-state index in [-0.39, 0.29) is 5.91 Å². The second-order valence-electron chi connectivity index (χ2n) is 5.12. The first-order valence-corrected chi connectivity index (χ1v) is 7.75. The van der Waals surface area contributed by atoms with E-state index in [0.29, 0.717) is 12.2 Å².